The number of aliphatic hydroxyl groups is 1. The number of aliphatic hydroxyl groups excluding tert-OH is 1. The van der Waals surface area contributed by atoms with Crippen molar-refractivity contribution in [3.8, 4) is 0 Å². The second-order valence-corrected chi connectivity index (χ2v) is 4.62. The third kappa shape index (κ3) is 2.59. The zero-order valence-corrected chi connectivity index (χ0v) is 9.39. The lowest BCUT2D eigenvalue weighted by molar-refractivity contribution is 0.148. The molecule has 1 unspecified atom stereocenters. The minimum absolute atomic E-state index is 0.335. The van der Waals surface area contributed by atoms with Gasteiger partial charge in [-0.15, -0.1) is 0 Å². The summed E-state index contributed by atoms with van der Waals surface area (Å²) in [6, 6.07) is 1.90. The van der Waals surface area contributed by atoms with Crippen LogP contribution in [0.25, 0.3) is 0 Å². The van der Waals surface area contributed by atoms with E-state index >= 15 is 0 Å². The van der Waals surface area contributed by atoms with E-state index in [0.717, 1.165) is 24.5 Å². The first-order valence-corrected chi connectivity index (χ1v) is 5.93. The van der Waals surface area contributed by atoms with Gasteiger partial charge in [-0.25, -0.2) is 0 Å². The monoisotopic (exact) mass is 208 g/mol. The van der Waals surface area contributed by atoms with Crippen molar-refractivity contribution in [3.05, 3.63) is 18.0 Å². The number of nitrogens with zero attached hydrogens (tertiary/aromatic N) is 2. The van der Waals surface area contributed by atoms with Crippen LogP contribution in [0.2, 0.25) is 0 Å². The van der Waals surface area contributed by atoms with Gasteiger partial charge in [-0.05, 0) is 24.8 Å². The highest BCUT2D eigenvalue weighted by Gasteiger charge is 2.18. The van der Waals surface area contributed by atoms with E-state index in [2.05, 4.69) is 5.10 Å². The van der Waals surface area contributed by atoms with Crippen LogP contribution in [0.15, 0.2) is 12.3 Å². The molecule has 15 heavy (non-hydrogen) atoms. The van der Waals surface area contributed by atoms with Gasteiger partial charge < -0.3 is 5.11 Å². The molecule has 1 aliphatic rings. The molecule has 1 aromatic rings. The van der Waals surface area contributed by atoms with Crippen molar-refractivity contribution in [2.45, 2.75) is 44.6 Å². The lowest BCUT2D eigenvalue weighted by Gasteiger charge is -2.13. The summed E-state index contributed by atoms with van der Waals surface area (Å²) >= 11 is 0. The molecular formula is C12H20N2O. The summed E-state index contributed by atoms with van der Waals surface area (Å²) in [5, 5.41) is 14.1. The zero-order chi connectivity index (χ0) is 10.7. The summed E-state index contributed by atoms with van der Waals surface area (Å²) in [6.07, 6.45) is 8.93. The summed E-state index contributed by atoms with van der Waals surface area (Å²) in [5.74, 6) is 0.855. The Kier molecular flexibility index (Phi) is 3.41. The molecule has 0 aliphatic heterocycles. The van der Waals surface area contributed by atoms with Crippen molar-refractivity contribution in [2.75, 3.05) is 0 Å². The molecule has 1 N–H and O–H groups in total. The van der Waals surface area contributed by atoms with Crippen LogP contribution in [-0.4, -0.2) is 14.9 Å². The predicted octanol–water partition coefficient (Wildman–Crippen LogP) is 2.42. The second-order valence-electron chi connectivity index (χ2n) is 4.62. The van der Waals surface area contributed by atoms with Gasteiger partial charge in [0.2, 0.25) is 0 Å². The molecule has 1 heterocycles. The van der Waals surface area contributed by atoms with Crippen LogP contribution in [0.5, 0.6) is 0 Å². The van der Waals surface area contributed by atoms with Crippen molar-refractivity contribution in [1.29, 1.82) is 0 Å². The number of aryl methyl sites for hydroxylation is 1. The van der Waals surface area contributed by atoms with Gasteiger partial charge in [0.1, 0.15) is 0 Å². The third-order valence-corrected chi connectivity index (χ3v) is 3.52. The Balaban J connectivity index is 1.81. The van der Waals surface area contributed by atoms with Gasteiger partial charge in [0, 0.05) is 13.2 Å². The van der Waals surface area contributed by atoms with Crippen LogP contribution in [0, 0.1) is 5.92 Å². The first-order chi connectivity index (χ1) is 7.27. The Bertz CT molecular complexity index is 302. The molecule has 0 aromatic carbocycles. The average molecular weight is 208 g/mol. The minimum Gasteiger partial charge on any atom is -0.387 e. The molecule has 1 atom stereocenters. The van der Waals surface area contributed by atoms with Crippen molar-refractivity contribution in [3.63, 3.8) is 0 Å². The van der Waals surface area contributed by atoms with Crippen molar-refractivity contribution < 1.29 is 5.11 Å². The number of hydrogen-bond donors (Lipinski definition) is 1. The van der Waals surface area contributed by atoms with Gasteiger partial charge in [0.05, 0.1) is 11.8 Å². The van der Waals surface area contributed by atoms with Crippen molar-refractivity contribution >= 4 is 0 Å². The molecule has 1 aliphatic carbocycles. The highest BCUT2D eigenvalue weighted by atomic mass is 16.3. The Morgan fingerprint density at radius 2 is 2.27 bits per heavy atom. The van der Waals surface area contributed by atoms with E-state index in [1.54, 1.807) is 10.9 Å². The molecule has 1 fully saturated rings. The highest BCUT2D eigenvalue weighted by Crippen LogP contribution is 2.31. The normalized spacial score (nSPS) is 19.6. The highest BCUT2D eigenvalue weighted by molar-refractivity contribution is 5.03. The van der Waals surface area contributed by atoms with E-state index in [9.17, 15) is 5.11 Å². The lowest BCUT2D eigenvalue weighted by atomic mass is 9.98. The molecule has 3 heteroatoms. The molecule has 3 nitrogen and oxygen atoms in total. The summed E-state index contributed by atoms with van der Waals surface area (Å²) in [6.45, 7) is 0. The topological polar surface area (TPSA) is 38.0 Å². The molecule has 84 valence electrons. The Morgan fingerprint density at radius 3 is 2.87 bits per heavy atom. The van der Waals surface area contributed by atoms with Gasteiger partial charge in [-0.2, -0.15) is 5.10 Å². The van der Waals surface area contributed by atoms with Crippen LogP contribution < -0.4 is 0 Å². The molecule has 0 saturated heterocycles. The fraction of sp³-hybridized carbons (Fsp3) is 0.750. The SMILES string of the molecule is Cn1nccc1C(O)CCC1CCCC1. The van der Waals surface area contributed by atoms with E-state index in [1.807, 2.05) is 13.1 Å². The predicted molar refractivity (Wildman–Crippen MR) is 59.4 cm³/mol. The molecule has 0 radical (unpaired) electrons. The first kappa shape index (κ1) is 10.7. The number of hydrogen-bond acceptors (Lipinski definition) is 2. The Morgan fingerprint density at radius 1 is 1.53 bits per heavy atom. The van der Waals surface area contributed by atoms with Crippen LogP contribution in [0.1, 0.15) is 50.3 Å². The maximum atomic E-state index is 9.99. The summed E-state index contributed by atoms with van der Waals surface area (Å²) in [7, 11) is 1.88. The van der Waals surface area contributed by atoms with Gasteiger partial charge >= 0.3 is 0 Å². The molecule has 0 spiro atoms. The molecule has 0 bridgehead atoms. The second kappa shape index (κ2) is 4.79. The van der Waals surface area contributed by atoms with Crippen LogP contribution in [-0.2, 0) is 7.05 Å². The molecule has 1 saturated carbocycles. The number of aromatic nitrogens is 2. The van der Waals surface area contributed by atoms with E-state index in [4.69, 9.17) is 0 Å². The Hall–Kier alpha value is -0.830. The maximum absolute atomic E-state index is 9.99. The van der Waals surface area contributed by atoms with E-state index in [1.165, 1.54) is 25.7 Å². The fourth-order valence-corrected chi connectivity index (χ4v) is 2.55. The molecule has 0 amide bonds. The molecule has 2 rings (SSSR count). The van der Waals surface area contributed by atoms with Gasteiger partial charge in [0.15, 0.2) is 0 Å². The lowest BCUT2D eigenvalue weighted by Crippen LogP contribution is -2.07. The van der Waals surface area contributed by atoms with Crippen LogP contribution in [0.4, 0.5) is 0 Å². The van der Waals surface area contributed by atoms with Crippen LogP contribution >= 0.6 is 0 Å². The zero-order valence-electron chi connectivity index (χ0n) is 9.39. The van der Waals surface area contributed by atoms with Gasteiger partial charge in [-0.1, -0.05) is 25.7 Å². The van der Waals surface area contributed by atoms with E-state index < -0.39 is 0 Å². The number of rotatable bonds is 4. The third-order valence-electron chi connectivity index (χ3n) is 3.52. The molecule has 1 aromatic heterocycles. The Labute approximate surface area is 91.1 Å². The standard InChI is InChI=1S/C12H20N2O/c1-14-11(8-9-13-14)12(15)7-6-10-4-2-3-5-10/h8-10,12,15H,2-7H2,1H3. The summed E-state index contributed by atoms with van der Waals surface area (Å²) < 4.78 is 1.76. The smallest absolute Gasteiger partial charge is 0.0956 e. The molecular weight excluding hydrogens is 188 g/mol. The van der Waals surface area contributed by atoms with Crippen molar-refractivity contribution in [2.24, 2.45) is 13.0 Å². The first-order valence-electron chi connectivity index (χ1n) is 5.93. The maximum Gasteiger partial charge on any atom is 0.0956 e. The largest absolute Gasteiger partial charge is 0.387 e. The fourth-order valence-electron chi connectivity index (χ4n) is 2.55. The van der Waals surface area contributed by atoms with Gasteiger partial charge in [0.25, 0.3) is 0 Å². The summed E-state index contributed by atoms with van der Waals surface area (Å²) in [4.78, 5) is 0. The van der Waals surface area contributed by atoms with Crippen LogP contribution in [0.3, 0.4) is 0 Å². The van der Waals surface area contributed by atoms with Crippen molar-refractivity contribution in [1.82, 2.24) is 9.78 Å². The quantitative estimate of drug-likeness (QED) is 0.825. The van der Waals surface area contributed by atoms with E-state index in [-0.39, 0.29) is 6.10 Å². The average Bonchev–Trinajstić information content (AvgIpc) is 2.84. The van der Waals surface area contributed by atoms with Gasteiger partial charge in [-0.3, -0.25) is 4.68 Å². The summed E-state index contributed by atoms with van der Waals surface area (Å²) in [5.41, 5.74) is 0.938. The minimum atomic E-state index is -0.335. The van der Waals surface area contributed by atoms with E-state index in [0.29, 0.717) is 0 Å².